The Morgan fingerprint density at radius 1 is 1.28 bits per heavy atom. The Morgan fingerprint density at radius 2 is 2.03 bits per heavy atom. The van der Waals surface area contributed by atoms with Gasteiger partial charge in [0.05, 0.1) is 32.4 Å². The van der Waals surface area contributed by atoms with Gasteiger partial charge in [-0.15, -0.1) is 0 Å². The molecule has 0 bridgehead atoms. The van der Waals surface area contributed by atoms with Crippen molar-refractivity contribution >= 4 is 11.9 Å². The highest BCUT2D eigenvalue weighted by molar-refractivity contribution is 5.77. The summed E-state index contributed by atoms with van der Waals surface area (Å²) in [4.78, 5) is 24.4. The third-order valence-electron chi connectivity index (χ3n) is 8.33. The number of carbonyl (C=O) groups is 2. The Morgan fingerprint density at radius 3 is 2.72 bits per heavy atom. The first-order valence-electron chi connectivity index (χ1n) is 11.8. The number of aryl methyl sites for hydroxylation is 1. The zero-order valence-electron chi connectivity index (χ0n) is 20.3. The number of nitrogens with one attached hydrogen (secondary N) is 1. The standard InChI is InChI=1S/C26H39NO5/c1-17-8-11-22-25(3,13-7-14-26(22,4)24(29)31-6)20(17)10-9-19-12-15-32-21(19)16-27-18(2)23(28)30-5/h12,15,18,20,22,27H,1,7-11,13-14,16H2,2-6H3/t18-,20+,22+,25-,26-/m1/s1. The van der Waals surface area contributed by atoms with Crippen molar-refractivity contribution < 1.29 is 23.5 Å². The predicted octanol–water partition coefficient (Wildman–Crippen LogP) is 4.82. The minimum Gasteiger partial charge on any atom is -0.469 e. The second-order valence-corrected chi connectivity index (χ2v) is 10.1. The second kappa shape index (κ2) is 9.82. The van der Waals surface area contributed by atoms with Crippen LogP contribution in [0.3, 0.4) is 0 Å². The van der Waals surface area contributed by atoms with Gasteiger partial charge in [-0.25, -0.2) is 0 Å². The third kappa shape index (κ3) is 4.52. The van der Waals surface area contributed by atoms with Crippen molar-refractivity contribution in [2.75, 3.05) is 14.2 Å². The molecule has 6 heteroatoms. The molecule has 0 amide bonds. The van der Waals surface area contributed by atoms with E-state index in [9.17, 15) is 9.59 Å². The fourth-order valence-electron chi connectivity index (χ4n) is 6.51. The van der Waals surface area contributed by atoms with Gasteiger partial charge in [-0.3, -0.25) is 14.9 Å². The number of hydrogen-bond acceptors (Lipinski definition) is 6. The number of fused-ring (bicyclic) bond motifs is 1. The SMILES string of the molecule is C=C1CC[C@H]2[C@](C)(CCC[C@@]2(C)C(=O)OC)[C@H]1CCc1ccoc1CN[C@H](C)C(=O)OC. The molecule has 0 saturated heterocycles. The van der Waals surface area contributed by atoms with Gasteiger partial charge >= 0.3 is 11.9 Å². The summed E-state index contributed by atoms with van der Waals surface area (Å²) in [5.41, 5.74) is 2.08. The monoisotopic (exact) mass is 445 g/mol. The quantitative estimate of drug-likeness (QED) is 0.457. The van der Waals surface area contributed by atoms with E-state index in [1.54, 1.807) is 13.2 Å². The molecule has 0 unspecified atom stereocenters. The zero-order valence-corrected chi connectivity index (χ0v) is 20.3. The van der Waals surface area contributed by atoms with Gasteiger partial charge in [0.25, 0.3) is 0 Å². The summed E-state index contributed by atoms with van der Waals surface area (Å²) in [5.74, 6) is 1.16. The number of methoxy groups -OCH3 is 2. The van der Waals surface area contributed by atoms with Crippen molar-refractivity contribution in [1.82, 2.24) is 5.32 Å². The molecule has 0 aromatic carbocycles. The largest absolute Gasteiger partial charge is 0.469 e. The van der Waals surface area contributed by atoms with Crippen molar-refractivity contribution in [3.05, 3.63) is 35.8 Å². The Bertz CT molecular complexity index is 845. The summed E-state index contributed by atoms with van der Waals surface area (Å²) in [6.45, 7) is 11.2. The van der Waals surface area contributed by atoms with Gasteiger partial charge in [0.15, 0.2) is 0 Å². The molecule has 2 saturated carbocycles. The Hall–Kier alpha value is -2.08. The van der Waals surface area contributed by atoms with Crippen LogP contribution in [0, 0.1) is 22.7 Å². The van der Waals surface area contributed by atoms with Gasteiger partial charge < -0.3 is 13.9 Å². The first-order chi connectivity index (χ1) is 15.2. The molecule has 0 aliphatic heterocycles. The fourth-order valence-corrected chi connectivity index (χ4v) is 6.51. The van der Waals surface area contributed by atoms with Crippen LogP contribution in [0.2, 0.25) is 0 Å². The lowest BCUT2D eigenvalue weighted by Gasteiger charge is -2.57. The molecular weight excluding hydrogens is 406 g/mol. The van der Waals surface area contributed by atoms with Gasteiger partial charge in [0.1, 0.15) is 11.8 Å². The van der Waals surface area contributed by atoms with Crippen LogP contribution in [0.5, 0.6) is 0 Å². The number of ether oxygens (including phenoxy) is 2. The average molecular weight is 446 g/mol. The minimum absolute atomic E-state index is 0.0398. The molecule has 2 fully saturated rings. The topological polar surface area (TPSA) is 77.8 Å². The molecule has 6 nitrogen and oxygen atoms in total. The molecule has 0 radical (unpaired) electrons. The first-order valence-corrected chi connectivity index (χ1v) is 11.8. The molecular formula is C26H39NO5. The van der Waals surface area contributed by atoms with E-state index in [1.807, 2.05) is 6.07 Å². The van der Waals surface area contributed by atoms with Crippen molar-refractivity contribution in [3.8, 4) is 0 Å². The lowest BCUT2D eigenvalue weighted by atomic mass is 9.46. The third-order valence-corrected chi connectivity index (χ3v) is 8.33. The van der Waals surface area contributed by atoms with Crippen LogP contribution in [0.1, 0.15) is 70.6 Å². The maximum Gasteiger partial charge on any atom is 0.322 e. The van der Waals surface area contributed by atoms with Crippen LogP contribution >= 0.6 is 0 Å². The highest BCUT2D eigenvalue weighted by atomic mass is 16.5. The van der Waals surface area contributed by atoms with E-state index in [0.29, 0.717) is 18.4 Å². The molecule has 1 aromatic heterocycles. The van der Waals surface area contributed by atoms with Crippen LogP contribution in [-0.2, 0) is 32.0 Å². The zero-order chi connectivity index (χ0) is 23.5. The number of carbonyl (C=O) groups excluding carboxylic acids is 2. The molecule has 1 N–H and O–H groups in total. The minimum atomic E-state index is -0.421. The Kier molecular flexibility index (Phi) is 7.53. The number of allylic oxidation sites excluding steroid dienone is 1. The van der Waals surface area contributed by atoms with E-state index in [2.05, 4.69) is 25.7 Å². The van der Waals surface area contributed by atoms with Crippen LogP contribution < -0.4 is 5.32 Å². The number of furan rings is 1. The normalized spacial score (nSPS) is 31.0. The summed E-state index contributed by atoms with van der Waals surface area (Å²) >= 11 is 0. The van der Waals surface area contributed by atoms with E-state index in [4.69, 9.17) is 13.9 Å². The lowest BCUT2D eigenvalue weighted by molar-refractivity contribution is -0.168. The van der Waals surface area contributed by atoms with E-state index in [-0.39, 0.29) is 17.4 Å². The van der Waals surface area contributed by atoms with Gasteiger partial charge in [0.2, 0.25) is 0 Å². The molecule has 1 heterocycles. The molecule has 3 rings (SSSR count). The van der Waals surface area contributed by atoms with Crippen LogP contribution in [0.4, 0.5) is 0 Å². The molecule has 0 spiro atoms. The summed E-state index contributed by atoms with van der Waals surface area (Å²) in [7, 11) is 2.90. The number of rotatable bonds is 8. The summed E-state index contributed by atoms with van der Waals surface area (Å²) in [6.07, 6.45) is 8.58. The first kappa shape index (κ1) is 24.6. The smallest absolute Gasteiger partial charge is 0.322 e. The van der Waals surface area contributed by atoms with Crippen molar-refractivity contribution in [3.63, 3.8) is 0 Å². The van der Waals surface area contributed by atoms with E-state index >= 15 is 0 Å². The molecule has 178 valence electrons. The molecule has 1 aromatic rings. The summed E-state index contributed by atoms with van der Waals surface area (Å²) in [6, 6.07) is 1.62. The lowest BCUT2D eigenvalue weighted by Crippen LogP contribution is -2.53. The number of esters is 2. The fraction of sp³-hybridized carbons (Fsp3) is 0.692. The van der Waals surface area contributed by atoms with E-state index in [0.717, 1.165) is 56.3 Å². The van der Waals surface area contributed by atoms with Crippen molar-refractivity contribution in [2.45, 2.75) is 78.3 Å². The van der Waals surface area contributed by atoms with Gasteiger partial charge in [-0.2, -0.15) is 0 Å². The van der Waals surface area contributed by atoms with Crippen molar-refractivity contribution in [1.29, 1.82) is 0 Å². The highest BCUT2D eigenvalue weighted by Crippen LogP contribution is 2.62. The predicted molar refractivity (Wildman–Crippen MR) is 123 cm³/mol. The van der Waals surface area contributed by atoms with Gasteiger partial charge in [0, 0.05) is 0 Å². The van der Waals surface area contributed by atoms with E-state index < -0.39 is 11.5 Å². The second-order valence-electron chi connectivity index (χ2n) is 10.1. The number of hydrogen-bond donors (Lipinski definition) is 1. The van der Waals surface area contributed by atoms with Gasteiger partial charge in [-0.05, 0) is 81.3 Å². The summed E-state index contributed by atoms with van der Waals surface area (Å²) < 4.78 is 15.7. The van der Waals surface area contributed by atoms with E-state index in [1.165, 1.54) is 19.8 Å². The molecule has 32 heavy (non-hydrogen) atoms. The van der Waals surface area contributed by atoms with Crippen LogP contribution in [0.25, 0.3) is 0 Å². The summed E-state index contributed by atoms with van der Waals surface area (Å²) in [5, 5.41) is 3.17. The molecule has 2 aliphatic rings. The van der Waals surface area contributed by atoms with Crippen molar-refractivity contribution in [2.24, 2.45) is 22.7 Å². The Balaban J connectivity index is 1.72. The highest BCUT2D eigenvalue weighted by Gasteiger charge is 2.57. The van der Waals surface area contributed by atoms with Crippen LogP contribution in [-0.4, -0.2) is 32.2 Å². The average Bonchev–Trinajstić information content (AvgIpc) is 3.22. The molecule has 5 atom stereocenters. The van der Waals surface area contributed by atoms with Crippen LogP contribution in [0.15, 0.2) is 28.9 Å². The maximum atomic E-state index is 12.8. The van der Waals surface area contributed by atoms with Gasteiger partial charge in [-0.1, -0.05) is 25.5 Å². The molecule has 2 aliphatic carbocycles. The maximum absolute atomic E-state index is 12.8. The Labute approximate surface area is 192 Å².